The van der Waals surface area contributed by atoms with Gasteiger partial charge >= 0.3 is 0 Å². The summed E-state index contributed by atoms with van der Waals surface area (Å²) < 4.78 is 0. The number of benzene rings is 1. The van der Waals surface area contributed by atoms with Gasteiger partial charge in [-0.25, -0.2) is 4.98 Å². The normalized spacial score (nSPS) is 11.7. The molecule has 1 aromatic heterocycles. The Kier molecular flexibility index (Phi) is 7.81. The zero-order chi connectivity index (χ0) is 19.1. The molecule has 26 heavy (non-hydrogen) atoms. The zero-order valence-electron chi connectivity index (χ0n) is 15.1. The van der Waals surface area contributed by atoms with E-state index in [1.807, 2.05) is 55.4 Å². The maximum Gasteiger partial charge on any atom is 0.166 e. The minimum Gasteiger partial charge on any atom is -0.397 e. The van der Waals surface area contributed by atoms with Crippen LogP contribution in [0.3, 0.4) is 0 Å². The number of nitrogens with two attached hydrogens (primary N) is 1. The van der Waals surface area contributed by atoms with E-state index < -0.39 is 0 Å². The third-order valence-corrected chi connectivity index (χ3v) is 5.68. The van der Waals surface area contributed by atoms with Gasteiger partial charge in [-0.15, -0.1) is 11.8 Å². The molecule has 1 heterocycles. The number of hydrogen-bond donors (Lipinski definition) is 3. The van der Waals surface area contributed by atoms with Crippen LogP contribution in [-0.4, -0.2) is 43.5 Å². The minimum absolute atomic E-state index is 0.0615. The number of rotatable bonds is 7. The molecule has 140 valence electrons. The number of nitrogens with zero attached hydrogens (tertiary/aromatic N) is 2. The lowest BCUT2D eigenvalue weighted by Gasteiger charge is -2.22. The summed E-state index contributed by atoms with van der Waals surface area (Å²) in [5.74, 6) is 1.69. The number of nitrogens with one attached hydrogen (secondary N) is 2. The Labute approximate surface area is 169 Å². The molecule has 1 aromatic carbocycles. The first-order valence-corrected chi connectivity index (χ1v) is 10.0. The van der Waals surface area contributed by atoms with Gasteiger partial charge in [0, 0.05) is 38.5 Å². The second kappa shape index (κ2) is 9.85. The van der Waals surface area contributed by atoms with E-state index in [-0.39, 0.29) is 5.25 Å². The maximum absolute atomic E-state index is 6.47. The standard InChI is InChI=1S/C18H24ClN5S2/c1-21-18(25)22-10-11-26-17(12-6-4-5-7-13(12)19)16-14(20)8-9-15(23-16)24(2)3/h4-9,17H,10-11,20H2,1-3H3,(H2,21,22,25). The molecule has 0 fully saturated rings. The lowest BCUT2D eigenvalue weighted by molar-refractivity contribution is 0.937. The molecule has 0 bridgehead atoms. The monoisotopic (exact) mass is 409 g/mol. The van der Waals surface area contributed by atoms with Gasteiger partial charge < -0.3 is 21.3 Å². The SMILES string of the molecule is CNC(=S)NCCSC(c1ccccc1Cl)c1nc(N(C)C)ccc1N. The zero-order valence-corrected chi connectivity index (χ0v) is 17.5. The fraction of sp³-hybridized carbons (Fsp3) is 0.333. The van der Waals surface area contributed by atoms with Crippen LogP contribution in [0.5, 0.6) is 0 Å². The molecule has 1 atom stereocenters. The fourth-order valence-electron chi connectivity index (χ4n) is 2.37. The third-order valence-electron chi connectivity index (χ3n) is 3.74. The highest BCUT2D eigenvalue weighted by atomic mass is 35.5. The van der Waals surface area contributed by atoms with E-state index in [0.717, 1.165) is 29.4 Å². The lowest BCUT2D eigenvalue weighted by Crippen LogP contribution is -2.33. The molecule has 0 aliphatic rings. The van der Waals surface area contributed by atoms with E-state index in [9.17, 15) is 0 Å². The molecule has 1 unspecified atom stereocenters. The van der Waals surface area contributed by atoms with Crippen molar-refractivity contribution in [3.05, 3.63) is 52.7 Å². The molecule has 4 N–H and O–H groups in total. The van der Waals surface area contributed by atoms with Gasteiger partial charge in [0.15, 0.2) is 5.11 Å². The number of halogens is 1. The van der Waals surface area contributed by atoms with Crippen LogP contribution >= 0.6 is 35.6 Å². The van der Waals surface area contributed by atoms with E-state index in [1.165, 1.54) is 0 Å². The van der Waals surface area contributed by atoms with E-state index in [2.05, 4.69) is 10.6 Å². The van der Waals surface area contributed by atoms with Gasteiger partial charge in [-0.1, -0.05) is 29.8 Å². The average molecular weight is 410 g/mol. The Morgan fingerprint density at radius 3 is 2.69 bits per heavy atom. The third kappa shape index (κ3) is 5.40. The van der Waals surface area contributed by atoms with Gasteiger partial charge in [-0.3, -0.25) is 0 Å². The Bertz CT molecular complexity index is 754. The predicted molar refractivity (Wildman–Crippen MR) is 118 cm³/mol. The molecular weight excluding hydrogens is 386 g/mol. The predicted octanol–water partition coefficient (Wildman–Crippen LogP) is 3.30. The van der Waals surface area contributed by atoms with Crippen molar-refractivity contribution in [3.63, 3.8) is 0 Å². The lowest BCUT2D eigenvalue weighted by atomic mass is 10.1. The van der Waals surface area contributed by atoms with E-state index in [4.69, 9.17) is 34.5 Å². The van der Waals surface area contributed by atoms with Crippen molar-refractivity contribution in [2.75, 3.05) is 44.1 Å². The highest BCUT2D eigenvalue weighted by Gasteiger charge is 2.22. The highest BCUT2D eigenvalue weighted by molar-refractivity contribution is 7.99. The van der Waals surface area contributed by atoms with Crippen LogP contribution in [0, 0.1) is 0 Å². The summed E-state index contributed by atoms with van der Waals surface area (Å²) >= 11 is 13.3. The number of anilines is 2. The van der Waals surface area contributed by atoms with Crippen molar-refractivity contribution in [2.24, 2.45) is 0 Å². The number of thioether (sulfide) groups is 1. The van der Waals surface area contributed by atoms with Gasteiger partial charge in [0.05, 0.1) is 16.6 Å². The minimum atomic E-state index is -0.0615. The second-order valence-corrected chi connectivity index (χ2v) is 7.85. The molecule has 5 nitrogen and oxygen atoms in total. The van der Waals surface area contributed by atoms with Gasteiger partial charge in [-0.05, 0) is 36.0 Å². The molecule has 0 saturated carbocycles. The molecular formula is C18H24ClN5S2. The van der Waals surface area contributed by atoms with E-state index in [1.54, 1.807) is 18.8 Å². The Hall–Kier alpha value is -1.70. The average Bonchev–Trinajstić information content (AvgIpc) is 2.63. The summed E-state index contributed by atoms with van der Waals surface area (Å²) in [5.41, 5.74) is 8.76. The largest absolute Gasteiger partial charge is 0.397 e. The van der Waals surface area contributed by atoms with Gasteiger partial charge in [-0.2, -0.15) is 0 Å². The van der Waals surface area contributed by atoms with Gasteiger partial charge in [0.25, 0.3) is 0 Å². The Morgan fingerprint density at radius 1 is 1.31 bits per heavy atom. The van der Waals surface area contributed by atoms with Crippen molar-refractivity contribution in [3.8, 4) is 0 Å². The molecule has 8 heteroatoms. The van der Waals surface area contributed by atoms with Crippen molar-refractivity contribution >= 4 is 52.2 Å². The van der Waals surface area contributed by atoms with E-state index >= 15 is 0 Å². The number of thiocarbonyl (C=S) groups is 1. The highest BCUT2D eigenvalue weighted by Crippen LogP contribution is 2.40. The molecule has 0 aliphatic heterocycles. The van der Waals surface area contributed by atoms with Crippen molar-refractivity contribution in [1.29, 1.82) is 0 Å². The maximum atomic E-state index is 6.47. The molecule has 0 saturated heterocycles. The van der Waals surface area contributed by atoms with Gasteiger partial charge in [0.2, 0.25) is 0 Å². The first kappa shape index (κ1) is 20.6. The molecule has 0 amide bonds. The van der Waals surface area contributed by atoms with Crippen LogP contribution in [0.25, 0.3) is 0 Å². The summed E-state index contributed by atoms with van der Waals surface area (Å²) in [7, 11) is 5.72. The summed E-state index contributed by atoms with van der Waals surface area (Å²) in [6, 6.07) is 11.6. The summed E-state index contributed by atoms with van der Waals surface area (Å²) in [5, 5.41) is 7.34. The van der Waals surface area contributed by atoms with Crippen LogP contribution in [0.15, 0.2) is 36.4 Å². The molecule has 2 aromatic rings. The number of aromatic nitrogens is 1. The topological polar surface area (TPSA) is 66.2 Å². The molecule has 0 spiro atoms. The van der Waals surface area contributed by atoms with Gasteiger partial charge in [0.1, 0.15) is 5.82 Å². The quantitative estimate of drug-likeness (QED) is 0.479. The van der Waals surface area contributed by atoms with Crippen LogP contribution in [0.2, 0.25) is 5.02 Å². The van der Waals surface area contributed by atoms with Crippen molar-refractivity contribution < 1.29 is 0 Å². The number of nitrogen functional groups attached to an aromatic ring is 1. The number of pyridine rings is 1. The first-order chi connectivity index (χ1) is 12.4. The van der Waals surface area contributed by atoms with Crippen molar-refractivity contribution in [2.45, 2.75) is 5.25 Å². The first-order valence-electron chi connectivity index (χ1n) is 8.19. The van der Waals surface area contributed by atoms with E-state index in [0.29, 0.717) is 15.8 Å². The summed E-state index contributed by atoms with van der Waals surface area (Å²) in [6.07, 6.45) is 0. The fourth-order valence-corrected chi connectivity index (χ4v) is 3.97. The Balaban J connectivity index is 2.31. The molecule has 0 radical (unpaired) electrons. The summed E-state index contributed by atoms with van der Waals surface area (Å²) in [6.45, 7) is 0.735. The van der Waals surface area contributed by atoms with Crippen molar-refractivity contribution in [1.82, 2.24) is 15.6 Å². The number of hydrogen-bond acceptors (Lipinski definition) is 5. The smallest absolute Gasteiger partial charge is 0.166 e. The summed E-state index contributed by atoms with van der Waals surface area (Å²) in [4.78, 5) is 6.75. The second-order valence-electron chi connectivity index (χ2n) is 5.82. The van der Waals surface area contributed by atoms with Crippen LogP contribution < -0.4 is 21.3 Å². The molecule has 0 aliphatic carbocycles. The van der Waals surface area contributed by atoms with Crippen LogP contribution in [0.4, 0.5) is 11.5 Å². The molecule has 2 rings (SSSR count). The Morgan fingerprint density at radius 2 is 2.04 bits per heavy atom. The van der Waals surface area contributed by atoms with Crippen LogP contribution in [0.1, 0.15) is 16.5 Å². The van der Waals surface area contributed by atoms with Crippen LogP contribution in [-0.2, 0) is 0 Å².